The Morgan fingerprint density at radius 3 is 2.09 bits per heavy atom. The van der Waals surface area contributed by atoms with Gasteiger partial charge in [0.25, 0.3) is 0 Å². The van der Waals surface area contributed by atoms with Crippen molar-refractivity contribution in [2.45, 2.75) is 16.4 Å². The average Bonchev–Trinajstić information content (AvgIpc) is 2.48. The predicted molar refractivity (Wildman–Crippen MR) is 77.7 cm³/mol. The third kappa shape index (κ3) is 5.00. The number of ether oxygens (including phenoxy) is 1. The number of thioether (sulfide) groups is 1. The Kier molecular flexibility index (Phi) is 5.32. The van der Waals surface area contributed by atoms with E-state index in [1.807, 2.05) is 5.32 Å². The lowest BCUT2D eigenvalue weighted by Crippen LogP contribution is -2.44. The first-order valence-electron chi connectivity index (χ1n) is 6.27. The van der Waals surface area contributed by atoms with Gasteiger partial charge in [0.2, 0.25) is 0 Å². The number of carbonyl (C=O) groups excluding carboxylic acids is 1. The monoisotopic (exact) mass is 327 g/mol. The van der Waals surface area contributed by atoms with E-state index in [0.717, 1.165) is 0 Å². The summed E-state index contributed by atoms with van der Waals surface area (Å²) in [5, 5.41) is -0.261. The van der Waals surface area contributed by atoms with Crippen molar-refractivity contribution >= 4 is 17.9 Å². The number of para-hydroxylation sites is 1. The van der Waals surface area contributed by atoms with Gasteiger partial charge in [-0.05, 0) is 24.3 Å². The van der Waals surface area contributed by atoms with E-state index in [4.69, 9.17) is 4.74 Å². The Morgan fingerprint density at radius 2 is 1.55 bits per heavy atom. The zero-order valence-corrected chi connectivity index (χ0v) is 12.0. The Hall–Kier alpha value is -2.15. The lowest BCUT2D eigenvalue weighted by molar-refractivity contribution is -0.132. The van der Waals surface area contributed by atoms with E-state index in [1.165, 1.54) is 24.3 Å². The van der Waals surface area contributed by atoms with Crippen LogP contribution in [0.4, 0.5) is 18.0 Å². The Morgan fingerprint density at radius 1 is 1.00 bits per heavy atom. The lowest BCUT2D eigenvalue weighted by atomic mass is 10.3. The molecular weight excluding hydrogens is 315 g/mol. The summed E-state index contributed by atoms with van der Waals surface area (Å²) in [4.78, 5) is 12.0. The number of alkyl halides is 3. The van der Waals surface area contributed by atoms with Crippen molar-refractivity contribution in [3.05, 3.63) is 60.7 Å². The van der Waals surface area contributed by atoms with E-state index in [0.29, 0.717) is 16.7 Å². The SMILES string of the molecule is O=C(NC(Sc1ccccc1)C(F)(F)F)Oc1ccccc1. The van der Waals surface area contributed by atoms with Gasteiger partial charge in [0.15, 0.2) is 5.37 Å². The molecule has 0 aromatic heterocycles. The van der Waals surface area contributed by atoms with E-state index >= 15 is 0 Å². The fraction of sp³-hybridized carbons (Fsp3) is 0.133. The van der Waals surface area contributed by atoms with E-state index < -0.39 is 17.6 Å². The summed E-state index contributed by atoms with van der Waals surface area (Å²) in [7, 11) is 0. The maximum atomic E-state index is 13.0. The van der Waals surface area contributed by atoms with Crippen molar-refractivity contribution < 1.29 is 22.7 Å². The smallest absolute Gasteiger partial charge is 0.410 e. The zero-order chi connectivity index (χ0) is 16.0. The highest BCUT2D eigenvalue weighted by atomic mass is 32.2. The number of benzene rings is 2. The minimum atomic E-state index is -4.60. The minimum Gasteiger partial charge on any atom is -0.410 e. The van der Waals surface area contributed by atoms with Gasteiger partial charge >= 0.3 is 12.3 Å². The molecule has 116 valence electrons. The molecule has 1 N–H and O–H groups in total. The summed E-state index contributed by atoms with van der Waals surface area (Å²) in [5.41, 5.74) is 0. The van der Waals surface area contributed by atoms with Gasteiger partial charge in [-0.15, -0.1) is 0 Å². The molecule has 2 rings (SSSR count). The van der Waals surface area contributed by atoms with Crippen LogP contribution in [0.25, 0.3) is 0 Å². The molecule has 0 saturated heterocycles. The van der Waals surface area contributed by atoms with Gasteiger partial charge in [0.1, 0.15) is 5.75 Å². The number of halogens is 3. The van der Waals surface area contributed by atoms with Gasteiger partial charge in [-0.25, -0.2) is 4.79 Å². The van der Waals surface area contributed by atoms with Crippen molar-refractivity contribution in [3.8, 4) is 5.75 Å². The van der Waals surface area contributed by atoms with E-state index in [-0.39, 0.29) is 5.75 Å². The Balaban J connectivity index is 2.02. The predicted octanol–water partition coefficient (Wildman–Crippen LogP) is 4.46. The first-order valence-corrected chi connectivity index (χ1v) is 7.15. The quantitative estimate of drug-likeness (QED) is 0.666. The van der Waals surface area contributed by atoms with Gasteiger partial charge < -0.3 is 10.1 Å². The molecule has 0 fully saturated rings. The first kappa shape index (κ1) is 16.2. The third-order valence-corrected chi connectivity index (χ3v) is 3.66. The second-order valence-electron chi connectivity index (χ2n) is 4.20. The number of carbonyl (C=O) groups is 1. The average molecular weight is 327 g/mol. The molecular formula is C15H12F3NO2S. The van der Waals surface area contributed by atoms with Crippen LogP contribution in [-0.4, -0.2) is 17.6 Å². The molecule has 0 spiro atoms. The molecule has 0 bridgehead atoms. The molecule has 22 heavy (non-hydrogen) atoms. The maximum absolute atomic E-state index is 13.0. The fourth-order valence-corrected chi connectivity index (χ4v) is 2.42. The van der Waals surface area contributed by atoms with Gasteiger partial charge in [-0.2, -0.15) is 13.2 Å². The number of hydrogen-bond acceptors (Lipinski definition) is 3. The van der Waals surface area contributed by atoms with Crippen molar-refractivity contribution in [2.24, 2.45) is 0 Å². The van der Waals surface area contributed by atoms with Crippen LogP contribution in [0.5, 0.6) is 5.75 Å². The zero-order valence-electron chi connectivity index (χ0n) is 11.2. The highest BCUT2D eigenvalue weighted by molar-refractivity contribution is 8.00. The summed E-state index contributed by atoms with van der Waals surface area (Å²) in [6, 6.07) is 15.9. The molecule has 1 amide bonds. The standard InChI is InChI=1S/C15H12F3NO2S/c16-15(17,18)13(22-12-9-5-2-6-10-12)19-14(20)21-11-7-3-1-4-8-11/h1-10,13H,(H,19,20). The van der Waals surface area contributed by atoms with Crippen LogP contribution in [0.15, 0.2) is 65.6 Å². The topological polar surface area (TPSA) is 38.3 Å². The van der Waals surface area contributed by atoms with Crippen molar-refractivity contribution in [3.63, 3.8) is 0 Å². The third-order valence-electron chi connectivity index (χ3n) is 2.50. The van der Waals surface area contributed by atoms with Gasteiger partial charge in [-0.1, -0.05) is 48.2 Å². The Labute approximate surface area is 129 Å². The second kappa shape index (κ2) is 7.22. The van der Waals surface area contributed by atoms with Gasteiger partial charge in [-0.3, -0.25) is 0 Å². The molecule has 2 aromatic carbocycles. The number of hydrogen-bond donors (Lipinski definition) is 1. The fourth-order valence-electron chi connectivity index (χ4n) is 1.55. The van der Waals surface area contributed by atoms with E-state index in [9.17, 15) is 18.0 Å². The molecule has 0 aliphatic carbocycles. The van der Waals surface area contributed by atoms with Crippen molar-refractivity contribution in [2.75, 3.05) is 0 Å². The molecule has 0 aliphatic rings. The van der Waals surface area contributed by atoms with Gasteiger partial charge in [0, 0.05) is 4.90 Å². The number of rotatable bonds is 4. The molecule has 0 radical (unpaired) electrons. The summed E-state index contributed by atoms with van der Waals surface area (Å²) in [6.45, 7) is 0. The van der Waals surface area contributed by atoms with Crippen LogP contribution in [0.2, 0.25) is 0 Å². The molecule has 0 saturated carbocycles. The Bertz CT molecular complexity index is 605. The molecule has 0 aliphatic heterocycles. The second-order valence-corrected chi connectivity index (χ2v) is 5.38. The van der Waals surface area contributed by atoms with Crippen molar-refractivity contribution in [1.29, 1.82) is 0 Å². The molecule has 1 atom stereocenters. The van der Waals surface area contributed by atoms with Crippen LogP contribution in [0, 0.1) is 0 Å². The number of nitrogens with one attached hydrogen (secondary N) is 1. The summed E-state index contributed by atoms with van der Waals surface area (Å²) < 4.78 is 43.9. The highest BCUT2D eigenvalue weighted by Crippen LogP contribution is 2.33. The molecule has 7 heteroatoms. The van der Waals surface area contributed by atoms with Gasteiger partial charge in [0.05, 0.1) is 0 Å². The van der Waals surface area contributed by atoms with E-state index in [2.05, 4.69) is 0 Å². The van der Waals surface area contributed by atoms with Crippen LogP contribution < -0.4 is 10.1 Å². The number of amides is 1. The first-order chi connectivity index (χ1) is 10.4. The van der Waals surface area contributed by atoms with E-state index in [1.54, 1.807) is 36.4 Å². The van der Waals surface area contributed by atoms with Crippen LogP contribution >= 0.6 is 11.8 Å². The highest BCUT2D eigenvalue weighted by Gasteiger charge is 2.42. The largest absolute Gasteiger partial charge is 0.418 e. The van der Waals surface area contributed by atoms with Crippen LogP contribution in [0.3, 0.4) is 0 Å². The van der Waals surface area contributed by atoms with Crippen molar-refractivity contribution in [1.82, 2.24) is 5.32 Å². The van der Waals surface area contributed by atoms with Crippen LogP contribution in [-0.2, 0) is 0 Å². The molecule has 2 aromatic rings. The normalized spacial score (nSPS) is 12.5. The summed E-state index contributed by atoms with van der Waals surface area (Å²) in [5.74, 6) is 0.172. The summed E-state index contributed by atoms with van der Waals surface area (Å²) >= 11 is 0.498. The molecule has 1 unspecified atom stereocenters. The molecule has 3 nitrogen and oxygen atoms in total. The molecule has 0 heterocycles. The maximum Gasteiger partial charge on any atom is 0.418 e. The summed E-state index contributed by atoms with van der Waals surface area (Å²) in [6.07, 6.45) is -5.76. The van der Waals surface area contributed by atoms with Crippen LogP contribution in [0.1, 0.15) is 0 Å². The minimum absolute atomic E-state index is 0.172. The lowest BCUT2D eigenvalue weighted by Gasteiger charge is -2.20.